The molecule has 3 aromatic rings. The topological polar surface area (TPSA) is 55.1 Å². The van der Waals surface area contributed by atoms with Crippen LogP contribution in [0.25, 0.3) is 11.3 Å². The summed E-state index contributed by atoms with van der Waals surface area (Å²) in [6.07, 6.45) is -3.47. The van der Waals surface area contributed by atoms with E-state index < -0.39 is 17.6 Å². The van der Waals surface area contributed by atoms with Crippen LogP contribution in [0.5, 0.6) is 0 Å². The third-order valence-electron chi connectivity index (χ3n) is 3.60. The minimum absolute atomic E-state index is 0.0234. The Morgan fingerprint density at radius 3 is 2.58 bits per heavy atom. The molecule has 1 N–H and O–H groups in total. The van der Waals surface area contributed by atoms with Gasteiger partial charge in [-0.15, -0.1) is 0 Å². The van der Waals surface area contributed by atoms with E-state index in [1.807, 2.05) is 0 Å². The number of nitrogens with zero attached hydrogens (tertiary/aromatic N) is 1. The van der Waals surface area contributed by atoms with Crippen molar-refractivity contribution < 1.29 is 22.4 Å². The SMILES string of the molecule is O=C(NCc1ccc(Cl)cc1)c1ncoc1-c1cccc(C(F)(F)F)c1. The molecule has 1 aromatic heterocycles. The van der Waals surface area contributed by atoms with E-state index in [4.69, 9.17) is 16.0 Å². The summed E-state index contributed by atoms with van der Waals surface area (Å²) >= 11 is 5.80. The summed E-state index contributed by atoms with van der Waals surface area (Å²) in [5, 5.41) is 3.22. The number of nitrogens with one attached hydrogen (secondary N) is 1. The lowest BCUT2D eigenvalue weighted by molar-refractivity contribution is -0.137. The van der Waals surface area contributed by atoms with Crippen molar-refractivity contribution in [1.29, 1.82) is 0 Å². The van der Waals surface area contributed by atoms with Gasteiger partial charge in [-0.05, 0) is 29.8 Å². The molecule has 0 aliphatic rings. The maximum absolute atomic E-state index is 12.9. The van der Waals surface area contributed by atoms with E-state index in [1.165, 1.54) is 12.1 Å². The first kappa shape index (κ1) is 18.0. The summed E-state index contributed by atoms with van der Waals surface area (Å²) in [6.45, 7) is 0.213. The van der Waals surface area contributed by atoms with Crippen LogP contribution < -0.4 is 5.32 Å². The summed E-state index contributed by atoms with van der Waals surface area (Å²) in [4.78, 5) is 16.2. The highest BCUT2D eigenvalue weighted by atomic mass is 35.5. The molecule has 2 aromatic carbocycles. The van der Waals surface area contributed by atoms with Crippen LogP contribution in [-0.4, -0.2) is 10.9 Å². The fourth-order valence-corrected chi connectivity index (χ4v) is 2.44. The molecule has 1 amide bonds. The monoisotopic (exact) mass is 380 g/mol. The second-order valence-corrected chi connectivity index (χ2v) is 5.85. The molecule has 0 fully saturated rings. The molecule has 26 heavy (non-hydrogen) atoms. The number of hydrogen-bond acceptors (Lipinski definition) is 3. The highest BCUT2D eigenvalue weighted by molar-refractivity contribution is 6.30. The lowest BCUT2D eigenvalue weighted by atomic mass is 10.1. The lowest BCUT2D eigenvalue weighted by Gasteiger charge is -2.08. The molecule has 3 rings (SSSR count). The average Bonchev–Trinajstić information content (AvgIpc) is 3.10. The summed E-state index contributed by atoms with van der Waals surface area (Å²) in [5.74, 6) is -0.578. The first-order chi connectivity index (χ1) is 12.3. The van der Waals surface area contributed by atoms with E-state index >= 15 is 0 Å². The highest BCUT2D eigenvalue weighted by Gasteiger charge is 2.31. The predicted octanol–water partition coefficient (Wildman–Crippen LogP) is 4.94. The zero-order valence-electron chi connectivity index (χ0n) is 13.2. The largest absolute Gasteiger partial charge is 0.443 e. The molecule has 0 spiro atoms. The fraction of sp³-hybridized carbons (Fsp3) is 0.111. The van der Waals surface area contributed by atoms with Gasteiger partial charge in [0.05, 0.1) is 5.56 Å². The Kier molecular flexibility index (Phi) is 4.99. The smallest absolute Gasteiger partial charge is 0.416 e. The van der Waals surface area contributed by atoms with Gasteiger partial charge in [0.25, 0.3) is 5.91 Å². The zero-order valence-corrected chi connectivity index (χ0v) is 13.9. The van der Waals surface area contributed by atoms with E-state index in [1.54, 1.807) is 24.3 Å². The first-order valence-electron chi connectivity index (χ1n) is 7.48. The fourth-order valence-electron chi connectivity index (χ4n) is 2.32. The molecule has 0 aliphatic heterocycles. The van der Waals surface area contributed by atoms with Crippen molar-refractivity contribution in [2.75, 3.05) is 0 Å². The molecule has 134 valence electrons. The first-order valence-corrected chi connectivity index (χ1v) is 7.86. The van der Waals surface area contributed by atoms with E-state index in [0.717, 1.165) is 24.1 Å². The number of oxazole rings is 1. The quantitative estimate of drug-likeness (QED) is 0.697. The number of rotatable bonds is 4. The molecule has 0 unspecified atom stereocenters. The van der Waals surface area contributed by atoms with Crippen molar-refractivity contribution in [2.24, 2.45) is 0 Å². The number of alkyl halides is 3. The third-order valence-corrected chi connectivity index (χ3v) is 3.85. The van der Waals surface area contributed by atoms with Crippen molar-refractivity contribution in [2.45, 2.75) is 12.7 Å². The number of benzene rings is 2. The summed E-state index contributed by atoms with van der Waals surface area (Å²) < 4.78 is 43.8. The van der Waals surface area contributed by atoms with Gasteiger partial charge in [0.15, 0.2) is 17.8 Å². The van der Waals surface area contributed by atoms with Crippen molar-refractivity contribution in [3.05, 3.63) is 76.8 Å². The molecule has 1 heterocycles. The Bertz CT molecular complexity index is 921. The van der Waals surface area contributed by atoms with Gasteiger partial charge in [-0.25, -0.2) is 4.98 Å². The molecule has 4 nitrogen and oxygen atoms in total. The van der Waals surface area contributed by atoms with E-state index in [9.17, 15) is 18.0 Å². The van der Waals surface area contributed by atoms with Gasteiger partial charge in [0, 0.05) is 17.1 Å². The highest BCUT2D eigenvalue weighted by Crippen LogP contribution is 2.33. The summed E-state index contributed by atoms with van der Waals surface area (Å²) in [7, 11) is 0. The van der Waals surface area contributed by atoms with Crippen molar-refractivity contribution in [3.63, 3.8) is 0 Å². The average molecular weight is 381 g/mol. The molecule has 0 saturated heterocycles. The van der Waals surface area contributed by atoms with Crippen LogP contribution in [-0.2, 0) is 12.7 Å². The molecule has 0 bridgehead atoms. The van der Waals surface area contributed by atoms with Gasteiger partial charge in [-0.3, -0.25) is 4.79 Å². The Morgan fingerprint density at radius 1 is 1.15 bits per heavy atom. The second kappa shape index (κ2) is 7.21. The normalized spacial score (nSPS) is 11.4. The van der Waals surface area contributed by atoms with Crippen LogP contribution in [0.4, 0.5) is 13.2 Å². The third kappa shape index (κ3) is 4.05. The van der Waals surface area contributed by atoms with Crippen molar-refractivity contribution >= 4 is 17.5 Å². The second-order valence-electron chi connectivity index (χ2n) is 5.42. The number of hydrogen-bond donors (Lipinski definition) is 1. The Hall–Kier alpha value is -2.80. The van der Waals surface area contributed by atoms with Crippen LogP contribution in [0.2, 0.25) is 5.02 Å². The lowest BCUT2D eigenvalue weighted by Crippen LogP contribution is -2.23. The number of carbonyl (C=O) groups is 1. The Labute approximate surface area is 151 Å². The van der Waals surface area contributed by atoms with Crippen LogP contribution in [0.15, 0.2) is 59.3 Å². The number of aromatic nitrogens is 1. The van der Waals surface area contributed by atoms with E-state index in [2.05, 4.69) is 10.3 Å². The van der Waals surface area contributed by atoms with Crippen LogP contribution in [0.3, 0.4) is 0 Å². The minimum atomic E-state index is -4.49. The van der Waals surface area contributed by atoms with Crippen LogP contribution in [0, 0.1) is 0 Å². The Balaban J connectivity index is 1.80. The number of halogens is 4. The van der Waals surface area contributed by atoms with Gasteiger partial charge in [0.1, 0.15) is 0 Å². The van der Waals surface area contributed by atoms with Crippen molar-refractivity contribution in [1.82, 2.24) is 10.3 Å². The molecule has 0 aliphatic carbocycles. The molecular formula is C18H12ClF3N2O2. The van der Waals surface area contributed by atoms with Gasteiger partial charge in [0.2, 0.25) is 0 Å². The predicted molar refractivity (Wildman–Crippen MR) is 89.6 cm³/mol. The maximum Gasteiger partial charge on any atom is 0.416 e. The molecule has 8 heteroatoms. The number of amides is 1. The molecule has 0 saturated carbocycles. The van der Waals surface area contributed by atoms with Gasteiger partial charge in [-0.2, -0.15) is 13.2 Å². The standard InChI is InChI=1S/C18H12ClF3N2O2/c19-14-6-4-11(5-7-14)9-23-17(25)15-16(26-10-24-15)12-2-1-3-13(8-12)18(20,21)22/h1-8,10H,9H2,(H,23,25). The van der Waals surface area contributed by atoms with E-state index in [-0.39, 0.29) is 23.6 Å². The molecule has 0 atom stereocenters. The zero-order chi connectivity index (χ0) is 18.7. The summed E-state index contributed by atoms with van der Waals surface area (Å²) in [5.41, 5.74) is 0.0121. The van der Waals surface area contributed by atoms with Gasteiger partial charge >= 0.3 is 6.18 Å². The molecular weight excluding hydrogens is 369 g/mol. The van der Waals surface area contributed by atoms with Gasteiger partial charge in [-0.1, -0.05) is 35.9 Å². The van der Waals surface area contributed by atoms with E-state index in [0.29, 0.717) is 5.02 Å². The van der Waals surface area contributed by atoms with Gasteiger partial charge < -0.3 is 9.73 Å². The molecule has 0 radical (unpaired) electrons. The number of carbonyl (C=O) groups excluding carboxylic acids is 1. The maximum atomic E-state index is 12.9. The van der Waals surface area contributed by atoms with Crippen LogP contribution in [0.1, 0.15) is 21.6 Å². The van der Waals surface area contributed by atoms with Crippen molar-refractivity contribution in [3.8, 4) is 11.3 Å². The minimum Gasteiger partial charge on any atom is -0.443 e. The van der Waals surface area contributed by atoms with Crippen LogP contribution >= 0.6 is 11.6 Å². The summed E-state index contributed by atoms with van der Waals surface area (Å²) in [6, 6.07) is 11.4. The Morgan fingerprint density at radius 2 is 1.88 bits per heavy atom.